The molecule has 0 aromatic heterocycles. The molecule has 4 saturated carbocycles. The zero-order chi connectivity index (χ0) is 29.7. The summed E-state index contributed by atoms with van der Waals surface area (Å²) in [6, 6.07) is 2.38. The van der Waals surface area contributed by atoms with Gasteiger partial charge in [-0.05, 0) is 85.5 Å². The second kappa shape index (κ2) is 8.90. The van der Waals surface area contributed by atoms with Crippen molar-refractivity contribution in [3.05, 3.63) is 11.6 Å². The van der Waals surface area contributed by atoms with Crippen LogP contribution in [-0.4, -0.2) is 40.6 Å². The lowest BCUT2D eigenvalue weighted by Crippen LogP contribution is -2.70. The fourth-order valence-electron chi connectivity index (χ4n) is 11.1. The third-order valence-corrected chi connectivity index (χ3v) is 13.2. The Bertz CT molecular complexity index is 1210. The molecule has 7 nitrogen and oxygen atoms in total. The summed E-state index contributed by atoms with van der Waals surface area (Å²) in [5.41, 5.74) is -2.17. The summed E-state index contributed by atoms with van der Waals surface area (Å²) in [4.78, 5) is 39.4. The van der Waals surface area contributed by atoms with E-state index in [1.54, 1.807) is 6.08 Å². The molecule has 0 saturated heterocycles. The van der Waals surface area contributed by atoms with Gasteiger partial charge in [0.1, 0.15) is 6.10 Å². The molecule has 5 aliphatic rings. The molecule has 0 heterocycles. The fourth-order valence-corrected chi connectivity index (χ4v) is 11.1. The maximum atomic E-state index is 14.5. The van der Waals surface area contributed by atoms with E-state index in [2.05, 4.69) is 33.8 Å². The highest BCUT2D eigenvalue weighted by Gasteiger charge is 2.73. The molecule has 40 heavy (non-hydrogen) atoms. The van der Waals surface area contributed by atoms with E-state index in [0.29, 0.717) is 25.7 Å². The van der Waals surface area contributed by atoms with Crippen molar-refractivity contribution in [1.82, 2.24) is 0 Å². The summed E-state index contributed by atoms with van der Waals surface area (Å²) >= 11 is 0. The Morgan fingerprint density at radius 2 is 1.70 bits per heavy atom. The molecule has 5 rings (SSSR count). The summed E-state index contributed by atoms with van der Waals surface area (Å²) in [6.07, 6.45) is 6.49. The monoisotopic (exact) mass is 553 g/mol. The SMILES string of the molecule is CC(=O)OC1C(C#N)C[C@@]2(CO)C(CC[C@]3(C)C2C(=O)C=C2C4CC(C)(C)CC[C@]4(C(=O)O)CC[C@]23C)C1(C)C. The average molecular weight is 554 g/mol. The number of carboxylic acids is 1. The Morgan fingerprint density at radius 3 is 2.27 bits per heavy atom. The number of hydrogen-bond acceptors (Lipinski definition) is 6. The van der Waals surface area contributed by atoms with Gasteiger partial charge in [-0.3, -0.25) is 14.4 Å². The van der Waals surface area contributed by atoms with Gasteiger partial charge in [0.05, 0.1) is 17.4 Å². The standard InChI is InChI=1S/C33H47NO6/c1-19(36)40-26-20(17-34)15-33(18-35)24(29(26,4)5)8-9-31(7)25(33)23(37)14-21-22-16-28(2,3)10-12-32(22,27(38)39)13-11-30(21,31)6/h14,20,22,24-26,35H,8-13,15-16,18H2,1-7H3,(H,38,39)/t20?,22?,24?,25?,26?,30-,31-,32+,33-/m1/s1. The molecule has 7 heteroatoms. The number of ketones is 1. The third-order valence-electron chi connectivity index (χ3n) is 13.2. The smallest absolute Gasteiger partial charge is 0.310 e. The highest BCUT2D eigenvalue weighted by molar-refractivity contribution is 5.96. The molecule has 0 aliphatic heterocycles. The van der Waals surface area contributed by atoms with E-state index in [0.717, 1.165) is 31.3 Å². The average Bonchev–Trinajstić information content (AvgIpc) is 2.85. The second-order valence-corrected chi connectivity index (χ2v) is 15.8. The van der Waals surface area contributed by atoms with Crippen molar-refractivity contribution in [2.75, 3.05) is 6.61 Å². The van der Waals surface area contributed by atoms with Crippen LogP contribution >= 0.6 is 0 Å². The van der Waals surface area contributed by atoms with Crippen molar-refractivity contribution >= 4 is 17.7 Å². The molecular formula is C33H47NO6. The molecular weight excluding hydrogens is 506 g/mol. The van der Waals surface area contributed by atoms with Gasteiger partial charge in [0.2, 0.25) is 0 Å². The Hall–Kier alpha value is -2.20. The number of carboxylic acid groups (broad SMARTS) is 1. The Kier molecular flexibility index (Phi) is 6.52. The largest absolute Gasteiger partial charge is 0.481 e. The first-order chi connectivity index (χ1) is 18.5. The number of carbonyl (C=O) groups is 3. The van der Waals surface area contributed by atoms with Gasteiger partial charge in [0.25, 0.3) is 0 Å². The maximum absolute atomic E-state index is 14.5. The van der Waals surface area contributed by atoms with Crippen molar-refractivity contribution < 1.29 is 29.3 Å². The lowest BCUT2D eigenvalue weighted by Gasteiger charge is -2.71. The number of nitrogens with zero attached hydrogens (tertiary/aromatic N) is 1. The molecule has 0 radical (unpaired) electrons. The number of fused-ring (bicyclic) bond motifs is 7. The summed E-state index contributed by atoms with van der Waals surface area (Å²) in [5.74, 6) is -2.65. The van der Waals surface area contributed by atoms with E-state index >= 15 is 0 Å². The zero-order valence-corrected chi connectivity index (χ0v) is 25.3. The minimum Gasteiger partial charge on any atom is -0.481 e. The van der Waals surface area contributed by atoms with Crippen molar-refractivity contribution in [2.45, 2.75) is 106 Å². The molecule has 0 aromatic carbocycles. The number of aliphatic hydroxyl groups excluding tert-OH is 1. The minimum atomic E-state index is -0.841. The number of aliphatic carboxylic acids is 1. The molecule has 5 unspecified atom stereocenters. The van der Waals surface area contributed by atoms with E-state index in [4.69, 9.17) is 4.74 Å². The van der Waals surface area contributed by atoms with Crippen molar-refractivity contribution in [1.29, 1.82) is 5.26 Å². The van der Waals surface area contributed by atoms with Crippen LogP contribution < -0.4 is 0 Å². The van der Waals surface area contributed by atoms with Crippen LogP contribution in [0.15, 0.2) is 11.6 Å². The van der Waals surface area contributed by atoms with Crippen LogP contribution in [0.3, 0.4) is 0 Å². The van der Waals surface area contributed by atoms with Gasteiger partial charge in [-0.15, -0.1) is 0 Å². The number of carbonyl (C=O) groups excluding carboxylic acids is 2. The molecule has 2 N–H and O–H groups in total. The highest BCUT2D eigenvalue weighted by atomic mass is 16.5. The van der Waals surface area contributed by atoms with Crippen LogP contribution in [0.5, 0.6) is 0 Å². The predicted molar refractivity (Wildman–Crippen MR) is 149 cm³/mol. The summed E-state index contributed by atoms with van der Waals surface area (Å²) in [7, 11) is 0. The number of aliphatic hydroxyl groups is 1. The molecule has 4 fully saturated rings. The first-order valence-corrected chi connectivity index (χ1v) is 15.1. The number of esters is 1. The zero-order valence-electron chi connectivity index (χ0n) is 25.3. The van der Waals surface area contributed by atoms with E-state index in [9.17, 15) is 29.9 Å². The summed E-state index contributed by atoms with van der Waals surface area (Å²) in [6.45, 7) is 14.0. The Labute approximate surface area is 238 Å². The van der Waals surface area contributed by atoms with Crippen molar-refractivity contribution in [3.8, 4) is 6.07 Å². The van der Waals surface area contributed by atoms with Crippen LogP contribution in [0.2, 0.25) is 0 Å². The normalized spacial score (nSPS) is 46.8. The highest BCUT2D eigenvalue weighted by Crippen LogP contribution is 2.75. The summed E-state index contributed by atoms with van der Waals surface area (Å²) < 4.78 is 5.76. The molecule has 0 amide bonds. The number of ether oxygens (including phenoxy) is 1. The molecule has 0 spiro atoms. The lowest BCUT2D eigenvalue weighted by atomic mass is 9.32. The van der Waals surface area contributed by atoms with E-state index in [1.165, 1.54) is 6.92 Å². The van der Waals surface area contributed by atoms with Crippen LogP contribution in [0.25, 0.3) is 0 Å². The molecule has 0 bridgehead atoms. The Morgan fingerprint density at radius 1 is 1.05 bits per heavy atom. The molecule has 9 atom stereocenters. The van der Waals surface area contributed by atoms with Crippen molar-refractivity contribution in [3.63, 3.8) is 0 Å². The first-order valence-electron chi connectivity index (χ1n) is 15.1. The summed E-state index contributed by atoms with van der Waals surface area (Å²) in [5, 5.41) is 32.1. The third kappa shape index (κ3) is 3.60. The van der Waals surface area contributed by atoms with Gasteiger partial charge in [-0.25, -0.2) is 0 Å². The number of rotatable bonds is 3. The molecule has 220 valence electrons. The predicted octanol–water partition coefficient (Wildman–Crippen LogP) is 5.71. The van der Waals surface area contributed by atoms with Crippen LogP contribution in [-0.2, 0) is 19.1 Å². The molecule has 5 aliphatic carbocycles. The molecule has 0 aromatic rings. The van der Waals surface area contributed by atoms with Crippen LogP contribution in [0, 0.1) is 67.5 Å². The fraction of sp³-hybridized carbons (Fsp3) is 0.818. The van der Waals surface area contributed by atoms with E-state index < -0.39 is 57.0 Å². The number of allylic oxidation sites excluding steroid dienone is 2. The quantitative estimate of drug-likeness (QED) is 0.429. The van der Waals surface area contributed by atoms with Crippen LogP contribution in [0.4, 0.5) is 0 Å². The van der Waals surface area contributed by atoms with Crippen LogP contribution in [0.1, 0.15) is 99.8 Å². The number of hydrogen-bond donors (Lipinski definition) is 2. The second-order valence-electron chi connectivity index (χ2n) is 15.8. The Balaban J connectivity index is 1.67. The van der Waals surface area contributed by atoms with Crippen molar-refractivity contribution in [2.24, 2.45) is 56.2 Å². The van der Waals surface area contributed by atoms with Gasteiger partial charge in [0.15, 0.2) is 5.78 Å². The van der Waals surface area contributed by atoms with Gasteiger partial charge < -0.3 is 14.9 Å². The first kappa shape index (κ1) is 29.3. The topological polar surface area (TPSA) is 125 Å². The van der Waals surface area contributed by atoms with Gasteiger partial charge >= 0.3 is 11.9 Å². The lowest BCUT2D eigenvalue weighted by molar-refractivity contribution is -0.232. The maximum Gasteiger partial charge on any atom is 0.310 e. The van der Waals surface area contributed by atoms with Gasteiger partial charge in [-0.2, -0.15) is 5.26 Å². The minimum absolute atomic E-state index is 0.00732. The number of nitriles is 1. The van der Waals surface area contributed by atoms with Gasteiger partial charge in [-0.1, -0.05) is 47.1 Å². The van der Waals surface area contributed by atoms with Gasteiger partial charge in [0, 0.05) is 30.3 Å². The van der Waals surface area contributed by atoms with E-state index in [-0.39, 0.29) is 29.6 Å². The van der Waals surface area contributed by atoms with E-state index in [1.807, 2.05) is 13.8 Å².